The zero-order valence-corrected chi connectivity index (χ0v) is 41.6. The van der Waals surface area contributed by atoms with Crippen molar-refractivity contribution < 1.29 is 57.2 Å². The second-order valence-electron chi connectivity index (χ2n) is 19.0. The molecule has 3 aromatic carbocycles. The van der Waals surface area contributed by atoms with E-state index in [-0.39, 0.29) is 58.0 Å². The predicted octanol–water partition coefficient (Wildman–Crippen LogP) is 7.52. The molecule has 0 aromatic heterocycles. The molecule has 3 aromatic rings. The maximum absolute atomic E-state index is 14.3. The number of nitrogens with one attached hydrogen (secondary N) is 6. The lowest BCUT2D eigenvalue weighted by Gasteiger charge is -2.25. The molecule has 70 heavy (non-hydrogen) atoms. The smallest absolute Gasteiger partial charge is 0.407 e. The highest BCUT2D eigenvalue weighted by molar-refractivity contribution is 5.93. The molecule has 0 saturated carbocycles. The highest BCUT2D eigenvalue weighted by atomic mass is 16.6. The summed E-state index contributed by atoms with van der Waals surface area (Å²) in [5, 5.41) is 16.3. The van der Waals surface area contributed by atoms with Crippen LogP contribution in [0.15, 0.2) is 78.9 Å². The van der Waals surface area contributed by atoms with Crippen molar-refractivity contribution in [1.82, 2.24) is 31.9 Å². The quantitative estimate of drug-likeness (QED) is 0.0275. The lowest BCUT2D eigenvalue weighted by atomic mass is 9.98. The van der Waals surface area contributed by atoms with Crippen molar-refractivity contribution in [1.29, 1.82) is 0 Å². The maximum Gasteiger partial charge on any atom is 0.407 e. The van der Waals surface area contributed by atoms with E-state index in [9.17, 15) is 33.6 Å². The molecule has 0 aliphatic heterocycles. The average molecular weight is 973 g/mol. The molecule has 0 spiro atoms. The maximum atomic E-state index is 14.3. The Bertz CT molecular complexity index is 2150. The average Bonchev–Trinajstić information content (AvgIpc) is 3.63. The number of unbranched alkanes of at least 4 members (excludes halogenated alkanes) is 3. The number of ether oxygens (including phenoxy) is 5. The summed E-state index contributed by atoms with van der Waals surface area (Å²) in [6.07, 6.45) is 0.147. The summed E-state index contributed by atoms with van der Waals surface area (Å²) in [7, 11) is 1.20. The minimum absolute atomic E-state index is 0.000305. The lowest BCUT2D eigenvalue weighted by Crippen LogP contribution is -2.56. The predicted molar refractivity (Wildman–Crippen MR) is 263 cm³/mol. The first-order valence-corrected chi connectivity index (χ1v) is 24.0. The monoisotopic (exact) mass is 973 g/mol. The molecule has 1 aliphatic rings. The van der Waals surface area contributed by atoms with Crippen molar-refractivity contribution in [3.63, 3.8) is 0 Å². The zero-order valence-electron chi connectivity index (χ0n) is 41.6. The summed E-state index contributed by atoms with van der Waals surface area (Å²) in [5.41, 5.74) is 3.59. The van der Waals surface area contributed by atoms with Crippen LogP contribution in [-0.4, -0.2) is 105 Å². The van der Waals surface area contributed by atoms with Crippen LogP contribution in [0, 0.1) is 0 Å². The van der Waals surface area contributed by atoms with E-state index in [4.69, 9.17) is 23.7 Å². The van der Waals surface area contributed by atoms with Crippen molar-refractivity contribution in [3.8, 4) is 11.1 Å². The van der Waals surface area contributed by atoms with E-state index in [0.29, 0.717) is 38.5 Å². The topological polar surface area (TPSA) is 238 Å². The standard InChI is InChI=1S/C52H72N6O12/c1-51(2,3)69-48(63)54-31-18-15-27-41(44(59)57-43(46(61)66-7)29-17-20-30-53-47(62)67-33-35-21-9-8-10-22-35)56-45(60)42(28-16-19-32-55-49(64)70-52(4,5)6)58-50(65)68-34-40-38-25-13-11-23-36(38)37-24-12-14-26-39(37)40/h8-14,21-26,40-43H,15-20,27-34H2,1-7H3,(H,53,62)(H,54,63)(H,55,64)(H,56,60)(H,57,59)(H,58,65)/t41-,42-,43-/m0/s1. The van der Waals surface area contributed by atoms with Gasteiger partial charge in [0.1, 0.15) is 42.5 Å². The number of hydrogen-bond acceptors (Lipinski definition) is 12. The van der Waals surface area contributed by atoms with Gasteiger partial charge in [-0.05, 0) is 127 Å². The van der Waals surface area contributed by atoms with Crippen LogP contribution in [0.1, 0.15) is 122 Å². The number of carbonyl (C=O) groups excluding carboxylic acids is 7. The minimum atomic E-state index is -1.19. The number of benzene rings is 3. The Morgan fingerprint density at radius 3 is 1.41 bits per heavy atom. The molecule has 4 rings (SSSR count). The van der Waals surface area contributed by atoms with Crippen LogP contribution in [0.2, 0.25) is 0 Å². The molecule has 18 heteroatoms. The van der Waals surface area contributed by atoms with Crippen LogP contribution in [-0.2, 0) is 44.7 Å². The van der Waals surface area contributed by atoms with Gasteiger partial charge in [0.25, 0.3) is 0 Å². The Morgan fingerprint density at radius 2 is 0.929 bits per heavy atom. The van der Waals surface area contributed by atoms with E-state index in [2.05, 4.69) is 31.9 Å². The van der Waals surface area contributed by atoms with Crippen LogP contribution >= 0.6 is 0 Å². The van der Waals surface area contributed by atoms with Gasteiger partial charge in [-0.2, -0.15) is 0 Å². The molecule has 6 amide bonds. The normalized spacial score (nSPS) is 13.2. The molecule has 0 fully saturated rings. The van der Waals surface area contributed by atoms with E-state index in [1.165, 1.54) is 7.11 Å². The van der Waals surface area contributed by atoms with E-state index in [0.717, 1.165) is 27.8 Å². The Hall–Kier alpha value is -6.85. The van der Waals surface area contributed by atoms with Crippen LogP contribution in [0.3, 0.4) is 0 Å². The second-order valence-corrected chi connectivity index (χ2v) is 19.0. The van der Waals surface area contributed by atoms with Crippen molar-refractivity contribution >= 4 is 42.2 Å². The van der Waals surface area contributed by atoms with E-state index in [1.807, 2.05) is 78.9 Å². The van der Waals surface area contributed by atoms with Gasteiger partial charge in [-0.1, -0.05) is 78.9 Å². The molecule has 0 radical (unpaired) electrons. The van der Waals surface area contributed by atoms with Crippen molar-refractivity contribution in [2.24, 2.45) is 0 Å². The van der Waals surface area contributed by atoms with Crippen molar-refractivity contribution in [2.75, 3.05) is 33.4 Å². The molecule has 0 heterocycles. The first kappa shape index (κ1) is 55.7. The van der Waals surface area contributed by atoms with Crippen molar-refractivity contribution in [2.45, 2.75) is 141 Å². The van der Waals surface area contributed by atoms with Gasteiger partial charge in [0.15, 0.2) is 0 Å². The van der Waals surface area contributed by atoms with E-state index >= 15 is 0 Å². The van der Waals surface area contributed by atoms with Gasteiger partial charge >= 0.3 is 30.3 Å². The number of alkyl carbamates (subject to hydrolysis) is 4. The van der Waals surface area contributed by atoms with Gasteiger partial charge in [0, 0.05) is 25.6 Å². The van der Waals surface area contributed by atoms with Gasteiger partial charge in [-0.15, -0.1) is 0 Å². The number of carbonyl (C=O) groups is 7. The molecular formula is C52H72N6O12. The Morgan fingerprint density at radius 1 is 0.500 bits per heavy atom. The van der Waals surface area contributed by atoms with Gasteiger partial charge in [0.2, 0.25) is 11.8 Å². The van der Waals surface area contributed by atoms with E-state index in [1.54, 1.807) is 41.5 Å². The third kappa shape index (κ3) is 20.0. The first-order chi connectivity index (χ1) is 33.3. The third-order valence-corrected chi connectivity index (χ3v) is 11.0. The number of esters is 1. The number of methoxy groups -OCH3 is 1. The van der Waals surface area contributed by atoms with E-state index < -0.39 is 71.5 Å². The molecule has 6 N–H and O–H groups in total. The number of hydrogen-bond donors (Lipinski definition) is 6. The minimum Gasteiger partial charge on any atom is -0.467 e. The summed E-state index contributed by atoms with van der Waals surface area (Å²) in [6, 6.07) is 21.6. The third-order valence-electron chi connectivity index (χ3n) is 11.0. The number of rotatable bonds is 25. The fourth-order valence-corrected chi connectivity index (χ4v) is 7.65. The van der Waals surface area contributed by atoms with Crippen molar-refractivity contribution in [3.05, 3.63) is 95.6 Å². The van der Waals surface area contributed by atoms with Gasteiger partial charge < -0.3 is 55.6 Å². The summed E-state index contributed by atoms with van der Waals surface area (Å²) >= 11 is 0. The van der Waals surface area contributed by atoms with Crippen LogP contribution in [0.5, 0.6) is 0 Å². The molecule has 1 aliphatic carbocycles. The molecule has 0 bridgehead atoms. The Balaban J connectivity index is 1.43. The van der Waals surface area contributed by atoms with Crippen LogP contribution in [0.4, 0.5) is 19.2 Å². The highest BCUT2D eigenvalue weighted by Gasteiger charge is 2.32. The Kier molecular flexibility index (Phi) is 22.3. The van der Waals surface area contributed by atoms with Gasteiger partial charge in [-0.25, -0.2) is 24.0 Å². The summed E-state index contributed by atoms with van der Waals surface area (Å²) < 4.78 is 26.7. The molecular weight excluding hydrogens is 901 g/mol. The van der Waals surface area contributed by atoms with Gasteiger partial charge in [-0.3, -0.25) is 9.59 Å². The summed E-state index contributed by atoms with van der Waals surface area (Å²) in [5.74, 6) is -2.29. The number of amides is 6. The SMILES string of the molecule is COC(=O)[C@H](CCCCNC(=O)OCc1ccccc1)NC(=O)[C@H](CCCCNC(=O)OC(C)(C)C)NC(=O)[C@H](CCCCNC(=O)OC(C)(C)C)NC(=O)OCC1c2ccccc2-c2ccccc21. The second kappa shape index (κ2) is 28.0. The fraction of sp³-hybridized carbons (Fsp3) is 0.519. The van der Waals surface area contributed by atoms with Gasteiger partial charge in [0.05, 0.1) is 7.11 Å². The molecule has 0 saturated heterocycles. The molecule has 18 nitrogen and oxygen atoms in total. The molecule has 0 unspecified atom stereocenters. The van der Waals surface area contributed by atoms with Crippen LogP contribution < -0.4 is 31.9 Å². The fourth-order valence-electron chi connectivity index (χ4n) is 7.65. The highest BCUT2D eigenvalue weighted by Crippen LogP contribution is 2.44. The van der Waals surface area contributed by atoms with Crippen LogP contribution in [0.25, 0.3) is 11.1 Å². The Labute approximate surface area is 411 Å². The molecule has 3 atom stereocenters. The lowest BCUT2D eigenvalue weighted by molar-refractivity contribution is -0.145. The largest absolute Gasteiger partial charge is 0.467 e. The first-order valence-electron chi connectivity index (χ1n) is 24.0. The summed E-state index contributed by atoms with van der Waals surface area (Å²) in [6.45, 7) is 11.3. The summed E-state index contributed by atoms with van der Waals surface area (Å²) in [4.78, 5) is 91.7. The zero-order chi connectivity index (χ0) is 51.1. The molecule has 382 valence electrons. The number of fused-ring (bicyclic) bond motifs is 3.